The van der Waals surface area contributed by atoms with Gasteiger partial charge in [-0.1, -0.05) is 29.3 Å². The van der Waals surface area contributed by atoms with Crippen LogP contribution in [0.5, 0.6) is 0 Å². The number of hydrogen-bond acceptors (Lipinski definition) is 1. The Hall–Kier alpha value is -0.530. The molecule has 0 fully saturated rings. The van der Waals surface area contributed by atoms with E-state index in [9.17, 15) is 4.79 Å². The van der Waals surface area contributed by atoms with Gasteiger partial charge in [-0.15, -0.1) is 0 Å². The highest BCUT2D eigenvalue weighted by Crippen LogP contribution is 2.30. The molecule has 0 unspecified atom stereocenters. The summed E-state index contributed by atoms with van der Waals surface area (Å²) in [5, 5.41) is 0.994. The lowest BCUT2D eigenvalue weighted by Crippen LogP contribution is -2.26. The minimum absolute atomic E-state index is 0.107. The van der Waals surface area contributed by atoms with Gasteiger partial charge in [0.1, 0.15) is 5.78 Å². The van der Waals surface area contributed by atoms with Gasteiger partial charge in [-0.05, 0) is 38.5 Å². The van der Waals surface area contributed by atoms with Gasteiger partial charge in [-0.2, -0.15) is 0 Å². The molecule has 0 aliphatic heterocycles. The maximum atomic E-state index is 11.4. The van der Waals surface area contributed by atoms with Crippen LogP contribution in [-0.4, -0.2) is 5.78 Å². The van der Waals surface area contributed by atoms with Crippen LogP contribution in [-0.2, 0) is 10.2 Å². The summed E-state index contributed by atoms with van der Waals surface area (Å²) in [6.45, 7) is 5.31. The van der Waals surface area contributed by atoms with Gasteiger partial charge in [0.25, 0.3) is 0 Å². The van der Waals surface area contributed by atoms with Gasteiger partial charge in [0.05, 0.1) is 10.0 Å². The molecule has 0 aliphatic rings. The topological polar surface area (TPSA) is 17.1 Å². The SMILES string of the molecule is CC(=O)C(C)(C)c1ccc(Cl)c(Cl)c1. The van der Waals surface area contributed by atoms with Crippen molar-refractivity contribution in [2.75, 3.05) is 0 Å². The molecule has 1 nitrogen and oxygen atoms in total. The third-order valence-electron chi connectivity index (χ3n) is 2.52. The van der Waals surface area contributed by atoms with Crippen molar-refractivity contribution in [2.24, 2.45) is 0 Å². The second-order valence-electron chi connectivity index (χ2n) is 3.81. The molecule has 0 heterocycles. The van der Waals surface area contributed by atoms with Gasteiger partial charge in [0.15, 0.2) is 0 Å². The summed E-state index contributed by atoms with van der Waals surface area (Å²) in [5.41, 5.74) is 0.383. The Labute approximate surface area is 94.0 Å². The van der Waals surface area contributed by atoms with Crippen molar-refractivity contribution in [3.05, 3.63) is 33.8 Å². The number of hydrogen-bond donors (Lipinski definition) is 0. The molecule has 0 radical (unpaired) electrons. The second-order valence-corrected chi connectivity index (χ2v) is 4.62. The maximum Gasteiger partial charge on any atom is 0.139 e. The van der Waals surface area contributed by atoms with E-state index >= 15 is 0 Å². The molecule has 14 heavy (non-hydrogen) atoms. The predicted molar refractivity (Wildman–Crippen MR) is 60.2 cm³/mol. The van der Waals surface area contributed by atoms with E-state index in [2.05, 4.69) is 0 Å². The first kappa shape index (κ1) is 11.5. The lowest BCUT2D eigenvalue weighted by molar-refractivity contribution is -0.121. The normalized spacial score (nSPS) is 11.5. The fraction of sp³-hybridized carbons (Fsp3) is 0.364. The fourth-order valence-corrected chi connectivity index (χ4v) is 1.39. The summed E-state index contributed by atoms with van der Waals surface area (Å²) < 4.78 is 0. The highest BCUT2D eigenvalue weighted by molar-refractivity contribution is 6.42. The fourth-order valence-electron chi connectivity index (χ4n) is 1.09. The Kier molecular flexibility index (Phi) is 3.23. The van der Waals surface area contributed by atoms with Gasteiger partial charge < -0.3 is 0 Å². The van der Waals surface area contributed by atoms with E-state index in [1.807, 2.05) is 19.9 Å². The number of rotatable bonds is 2. The van der Waals surface area contributed by atoms with E-state index < -0.39 is 5.41 Å². The van der Waals surface area contributed by atoms with E-state index in [0.717, 1.165) is 5.56 Å². The molecule has 76 valence electrons. The summed E-state index contributed by atoms with van der Waals surface area (Å²) in [5.74, 6) is 0.107. The van der Waals surface area contributed by atoms with Crippen molar-refractivity contribution in [3.63, 3.8) is 0 Å². The quantitative estimate of drug-likeness (QED) is 0.755. The number of carbonyl (C=O) groups is 1. The van der Waals surface area contributed by atoms with Gasteiger partial charge in [0.2, 0.25) is 0 Å². The number of halogens is 2. The van der Waals surface area contributed by atoms with Crippen LogP contribution < -0.4 is 0 Å². The average molecular weight is 231 g/mol. The minimum atomic E-state index is -0.506. The van der Waals surface area contributed by atoms with Crippen molar-refractivity contribution < 1.29 is 4.79 Å². The summed E-state index contributed by atoms with van der Waals surface area (Å²) in [4.78, 5) is 11.4. The van der Waals surface area contributed by atoms with E-state index in [0.29, 0.717) is 10.0 Å². The van der Waals surface area contributed by atoms with Crippen LogP contribution in [0.15, 0.2) is 18.2 Å². The molecule has 3 heteroatoms. The Bertz CT molecular complexity index is 370. The van der Waals surface area contributed by atoms with Crippen LogP contribution in [0, 0.1) is 0 Å². The molecule has 0 aliphatic carbocycles. The summed E-state index contributed by atoms with van der Waals surface area (Å²) in [6.07, 6.45) is 0. The number of carbonyl (C=O) groups excluding carboxylic acids is 1. The van der Waals surface area contributed by atoms with Crippen molar-refractivity contribution >= 4 is 29.0 Å². The number of Topliss-reactive ketones (excluding diaryl/α,β-unsaturated/α-hetero) is 1. The molecule has 0 amide bonds. The molecule has 0 spiro atoms. The highest BCUT2D eigenvalue weighted by atomic mass is 35.5. The largest absolute Gasteiger partial charge is 0.299 e. The Morgan fingerprint density at radius 3 is 2.21 bits per heavy atom. The molecule has 0 N–H and O–H groups in total. The van der Waals surface area contributed by atoms with Crippen LogP contribution in [0.2, 0.25) is 10.0 Å². The van der Waals surface area contributed by atoms with Gasteiger partial charge in [0, 0.05) is 5.41 Å². The zero-order valence-corrected chi connectivity index (χ0v) is 9.91. The van der Waals surface area contributed by atoms with Crippen LogP contribution in [0.4, 0.5) is 0 Å². The summed E-state index contributed by atoms with van der Waals surface area (Å²) >= 11 is 11.7. The lowest BCUT2D eigenvalue weighted by Gasteiger charge is -2.21. The molecule has 0 saturated carbocycles. The number of benzene rings is 1. The molecule has 1 rings (SSSR count). The van der Waals surface area contributed by atoms with Crippen LogP contribution in [0.1, 0.15) is 26.3 Å². The number of ketones is 1. The Morgan fingerprint density at radius 2 is 1.79 bits per heavy atom. The molecule has 0 bridgehead atoms. The minimum Gasteiger partial charge on any atom is -0.299 e. The first-order valence-corrected chi connectivity index (χ1v) is 5.08. The standard InChI is InChI=1S/C11H12Cl2O/c1-7(14)11(2,3)8-4-5-9(12)10(13)6-8/h4-6H,1-3H3. The molecule has 0 saturated heterocycles. The zero-order chi connectivity index (χ0) is 10.9. The molecule has 1 aromatic rings. The zero-order valence-electron chi connectivity index (χ0n) is 8.40. The van der Waals surface area contributed by atoms with Crippen molar-refractivity contribution in [3.8, 4) is 0 Å². The molecule has 0 aromatic heterocycles. The van der Waals surface area contributed by atoms with Gasteiger partial charge in [-0.25, -0.2) is 0 Å². The van der Waals surface area contributed by atoms with Crippen LogP contribution in [0.3, 0.4) is 0 Å². The van der Waals surface area contributed by atoms with Crippen molar-refractivity contribution in [1.29, 1.82) is 0 Å². The van der Waals surface area contributed by atoms with Crippen molar-refractivity contribution in [2.45, 2.75) is 26.2 Å². The third-order valence-corrected chi connectivity index (χ3v) is 3.26. The Morgan fingerprint density at radius 1 is 1.21 bits per heavy atom. The van der Waals surface area contributed by atoms with Gasteiger partial charge >= 0.3 is 0 Å². The van der Waals surface area contributed by atoms with E-state index in [-0.39, 0.29) is 5.78 Å². The molecular formula is C11H12Cl2O. The highest BCUT2D eigenvalue weighted by Gasteiger charge is 2.26. The second kappa shape index (κ2) is 3.92. The summed E-state index contributed by atoms with van der Waals surface area (Å²) in [6, 6.07) is 5.28. The van der Waals surface area contributed by atoms with Crippen molar-refractivity contribution in [1.82, 2.24) is 0 Å². The van der Waals surface area contributed by atoms with E-state index in [1.54, 1.807) is 19.1 Å². The van der Waals surface area contributed by atoms with E-state index in [4.69, 9.17) is 23.2 Å². The van der Waals surface area contributed by atoms with E-state index in [1.165, 1.54) is 0 Å². The molecular weight excluding hydrogens is 219 g/mol. The van der Waals surface area contributed by atoms with Crippen LogP contribution in [0.25, 0.3) is 0 Å². The summed E-state index contributed by atoms with van der Waals surface area (Å²) in [7, 11) is 0. The first-order valence-electron chi connectivity index (χ1n) is 4.32. The average Bonchev–Trinajstić information content (AvgIpc) is 2.09. The molecule has 1 aromatic carbocycles. The third kappa shape index (κ3) is 2.10. The Balaban J connectivity index is 3.21. The maximum absolute atomic E-state index is 11.4. The van der Waals surface area contributed by atoms with Gasteiger partial charge in [-0.3, -0.25) is 4.79 Å². The lowest BCUT2D eigenvalue weighted by atomic mass is 9.81. The first-order chi connectivity index (χ1) is 6.35. The smallest absolute Gasteiger partial charge is 0.139 e. The monoisotopic (exact) mass is 230 g/mol. The molecule has 0 atom stereocenters. The van der Waals surface area contributed by atoms with Crippen LogP contribution >= 0.6 is 23.2 Å². The predicted octanol–water partition coefficient (Wildman–Crippen LogP) is 3.86.